The van der Waals surface area contributed by atoms with Gasteiger partial charge in [0.15, 0.2) is 0 Å². The molecule has 2 aromatic rings. The van der Waals surface area contributed by atoms with Crippen molar-refractivity contribution in [1.29, 1.82) is 0 Å². The highest BCUT2D eigenvalue weighted by Crippen LogP contribution is 2.25. The van der Waals surface area contributed by atoms with E-state index >= 15 is 0 Å². The molecule has 1 aliphatic carbocycles. The van der Waals surface area contributed by atoms with Crippen molar-refractivity contribution in [2.45, 2.75) is 65.1 Å². The number of hydrogen-bond acceptors (Lipinski definition) is 2. The molecule has 0 amide bonds. The summed E-state index contributed by atoms with van der Waals surface area (Å²) in [6.07, 6.45) is 6.21. The molecule has 1 fully saturated rings. The van der Waals surface area contributed by atoms with Crippen LogP contribution >= 0.6 is 11.6 Å². The summed E-state index contributed by atoms with van der Waals surface area (Å²) in [4.78, 5) is 11.9. The number of rotatable bonds is 6. The Labute approximate surface area is 160 Å². The van der Waals surface area contributed by atoms with Gasteiger partial charge in [-0.15, -0.1) is 0 Å². The highest BCUT2D eigenvalue weighted by molar-refractivity contribution is 6.30. The summed E-state index contributed by atoms with van der Waals surface area (Å²) in [5.74, 6) is -0.846. The molecule has 1 saturated carbocycles. The Morgan fingerprint density at radius 3 is 2.42 bits per heavy atom. The van der Waals surface area contributed by atoms with Gasteiger partial charge in [-0.05, 0) is 44.4 Å². The van der Waals surface area contributed by atoms with E-state index in [9.17, 15) is 9.90 Å². The van der Waals surface area contributed by atoms with Gasteiger partial charge >= 0.3 is 5.97 Å². The fraction of sp³-hybridized carbons (Fsp3) is 0.476. The van der Waals surface area contributed by atoms with Gasteiger partial charge in [0.05, 0.1) is 5.56 Å². The van der Waals surface area contributed by atoms with E-state index in [4.69, 9.17) is 11.6 Å². The summed E-state index contributed by atoms with van der Waals surface area (Å²) < 4.78 is 2.10. The van der Waals surface area contributed by atoms with Crippen molar-refractivity contribution < 1.29 is 9.90 Å². The molecule has 0 aliphatic heterocycles. The lowest BCUT2D eigenvalue weighted by atomic mass is 9.95. The molecule has 0 unspecified atom stereocenters. The molecule has 0 spiro atoms. The van der Waals surface area contributed by atoms with Crippen LogP contribution in [0.5, 0.6) is 0 Å². The summed E-state index contributed by atoms with van der Waals surface area (Å²) in [7, 11) is 0. The maximum Gasteiger partial charge on any atom is 0.337 e. The highest BCUT2D eigenvalue weighted by Gasteiger charge is 2.23. The monoisotopic (exact) mass is 374 g/mol. The molecule has 1 aliphatic rings. The predicted molar refractivity (Wildman–Crippen MR) is 105 cm³/mol. The Bertz CT molecular complexity index is 774. The molecule has 4 nitrogen and oxygen atoms in total. The summed E-state index contributed by atoms with van der Waals surface area (Å²) >= 11 is 5.97. The van der Waals surface area contributed by atoms with Crippen molar-refractivity contribution in [3.8, 4) is 0 Å². The number of carboxylic acids is 1. The minimum absolute atomic E-state index is 0.444. The fourth-order valence-corrected chi connectivity index (χ4v) is 4.14. The van der Waals surface area contributed by atoms with Gasteiger partial charge in [0.2, 0.25) is 0 Å². The first kappa shape index (κ1) is 19.0. The number of carboxylic acid groups (broad SMARTS) is 1. The molecule has 1 heterocycles. The minimum atomic E-state index is -0.846. The van der Waals surface area contributed by atoms with E-state index in [0.29, 0.717) is 29.7 Å². The van der Waals surface area contributed by atoms with E-state index in [1.807, 2.05) is 38.1 Å². The Balaban J connectivity index is 1.85. The lowest BCUT2D eigenvalue weighted by molar-refractivity contribution is 0.0694. The molecule has 2 N–H and O–H groups in total. The second kappa shape index (κ2) is 8.28. The largest absolute Gasteiger partial charge is 0.478 e. The van der Waals surface area contributed by atoms with Gasteiger partial charge in [0, 0.05) is 41.1 Å². The topological polar surface area (TPSA) is 54.3 Å². The Morgan fingerprint density at radius 1 is 1.15 bits per heavy atom. The van der Waals surface area contributed by atoms with Crippen molar-refractivity contribution in [1.82, 2.24) is 9.88 Å². The van der Waals surface area contributed by atoms with Crippen LogP contribution in [0, 0.1) is 13.8 Å². The minimum Gasteiger partial charge on any atom is -0.478 e. The number of nitrogens with one attached hydrogen (secondary N) is 1. The van der Waals surface area contributed by atoms with Crippen LogP contribution in [0.25, 0.3) is 0 Å². The van der Waals surface area contributed by atoms with Gasteiger partial charge in [-0.3, -0.25) is 0 Å². The van der Waals surface area contributed by atoms with Crippen LogP contribution in [0.1, 0.15) is 65.0 Å². The fourth-order valence-electron chi connectivity index (χ4n) is 4.01. The number of carbonyl (C=O) groups is 1. The molecule has 0 saturated heterocycles. The van der Waals surface area contributed by atoms with Crippen LogP contribution in [0.3, 0.4) is 0 Å². The first-order valence-corrected chi connectivity index (χ1v) is 9.75. The number of benzene rings is 1. The SMILES string of the molecule is Cc1c(CNC2CCCCC2)c(C(=O)O)c(C)n1Cc1ccc(Cl)cc1. The molecule has 140 valence electrons. The van der Waals surface area contributed by atoms with E-state index in [0.717, 1.165) is 22.5 Å². The van der Waals surface area contributed by atoms with Gasteiger partial charge in [-0.25, -0.2) is 4.79 Å². The molecule has 1 aromatic carbocycles. The van der Waals surface area contributed by atoms with Crippen LogP contribution in [0.2, 0.25) is 5.02 Å². The molecule has 5 heteroatoms. The third-order valence-electron chi connectivity index (χ3n) is 5.55. The number of hydrogen-bond donors (Lipinski definition) is 2. The molecule has 0 atom stereocenters. The quantitative estimate of drug-likeness (QED) is 0.753. The third kappa shape index (κ3) is 4.13. The van der Waals surface area contributed by atoms with Gasteiger partial charge in [0.1, 0.15) is 0 Å². The maximum absolute atomic E-state index is 11.9. The van der Waals surface area contributed by atoms with Gasteiger partial charge in [0.25, 0.3) is 0 Å². The summed E-state index contributed by atoms with van der Waals surface area (Å²) in [6.45, 7) is 5.19. The molecule has 0 bridgehead atoms. The van der Waals surface area contributed by atoms with E-state index in [-0.39, 0.29) is 0 Å². The third-order valence-corrected chi connectivity index (χ3v) is 5.80. The molecular weight excluding hydrogens is 348 g/mol. The second-order valence-electron chi connectivity index (χ2n) is 7.26. The zero-order valence-corrected chi connectivity index (χ0v) is 16.3. The molecule has 0 radical (unpaired) electrons. The molecule has 1 aromatic heterocycles. The number of halogens is 1. The normalized spacial score (nSPS) is 15.3. The van der Waals surface area contributed by atoms with Crippen LogP contribution in [-0.4, -0.2) is 21.7 Å². The second-order valence-corrected chi connectivity index (χ2v) is 7.69. The summed E-state index contributed by atoms with van der Waals surface area (Å²) in [6, 6.07) is 8.22. The van der Waals surface area contributed by atoms with Gasteiger partial charge < -0.3 is 15.0 Å². The zero-order valence-electron chi connectivity index (χ0n) is 15.5. The van der Waals surface area contributed by atoms with E-state index in [1.54, 1.807) is 0 Å². The van der Waals surface area contributed by atoms with Crippen molar-refractivity contribution >= 4 is 17.6 Å². The summed E-state index contributed by atoms with van der Waals surface area (Å²) in [5.41, 5.74) is 4.30. The first-order valence-electron chi connectivity index (χ1n) is 9.37. The van der Waals surface area contributed by atoms with Crippen LogP contribution in [-0.2, 0) is 13.1 Å². The van der Waals surface area contributed by atoms with Crippen molar-refractivity contribution in [3.05, 3.63) is 57.4 Å². The smallest absolute Gasteiger partial charge is 0.337 e. The lowest BCUT2D eigenvalue weighted by Gasteiger charge is -2.23. The standard InChI is InChI=1S/C21H27ClN2O2/c1-14-19(12-23-18-6-4-3-5-7-18)20(21(25)26)15(2)24(14)13-16-8-10-17(22)11-9-16/h8-11,18,23H,3-7,12-13H2,1-2H3,(H,25,26). The predicted octanol–water partition coefficient (Wildman–Crippen LogP) is 4.93. The molecule has 3 rings (SSSR count). The van der Waals surface area contributed by atoms with E-state index in [2.05, 4.69) is 9.88 Å². The van der Waals surface area contributed by atoms with Crippen molar-refractivity contribution in [3.63, 3.8) is 0 Å². The average molecular weight is 375 g/mol. The Hall–Kier alpha value is -1.78. The summed E-state index contributed by atoms with van der Waals surface area (Å²) in [5, 5.41) is 14.1. The van der Waals surface area contributed by atoms with Crippen molar-refractivity contribution in [2.24, 2.45) is 0 Å². The number of aromatic nitrogens is 1. The lowest BCUT2D eigenvalue weighted by Crippen LogP contribution is -2.31. The number of aromatic carboxylic acids is 1. The zero-order chi connectivity index (χ0) is 18.7. The average Bonchev–Trinajstić information content (AvgIpc) is 2.87. The van der Waals surface area contributed by atoms with E-state index < -0.39 is 5.97 Å². The molecular formula is C21H27ClN2O2. The first-order chi connectivity index (χ1) is 12.5. The van der Waals surface area contributed by atoms with E-state index in [1.165, 1.54) is 32.1 Å². The van der Waals surface area contributed by atoms with Crippen LogP contribution in [0.4, 0.5) is 0 Å². The Kier molecular flexibility index (Phi) is 6.05. The van der Waals surface area contributed by atoms with Gasteiger partial charge in [-0.1, -0.05) is 43.0 Å². The van der Waals surface area contributed by atoms with Gasteiger partial charge in [-0.2, -0.15) is 0 Å². The number of nitrogens with zero attached hydrogens (tertiary/aromatic N) is 1. The van der Waals surface area contributed by atoms with Crippen molar-refractivity contribution in [2.75, 3.05) is 0 Å². The Morgan fingerprint density at radius 2 is 1.81 bits per heavy atom. The van der Waals surface area contributed by atoms with Crippen LogP contribution in [0.15, 0.2) is 24.3 Å². The molecule has 26 heavy (non-hydrogen) atoms. The van der Waals surface area contributed by atoms with Crippen LogP contribution < -0.4 is 5.32 Å². The maximum atomic E-state index is 11.9. The highest BCUT2D eigenvalue weighted by atomic mass is 35.5.